The molecule has 148 valence electrons. The van der Waals surface area contributed by atoms with E-state index in [1.54, 1.807) is 23.0 Å². The zero-order valence-corrected chi connectivity index (χ0v) is 18.4. The van der Waals surface area contributed by atoms with Gasteiger partial charge in [-0.2, -0.15) is 0 Å². The Labute approximate surface area is 182 Å². The van der Waals surface area contributed by atoms with Crippen LogP contribution in [0.2, 0.25) is 0 Å². The number of hydrogen-bond donors (Lipinski definition) is 2. The lowest BCUT2D eigenvalue weighted by Gasteiger charge is -2.12. The summed E-state index contributed by atoms with van der Waals surface area (Å²) in [4.78, 5) is 8.70. The molecular formula is C21H25FIN5. The summed E-state index contributed by atoms with van der Waals surface area (Å²) < 4.78 is 16.2. The van der Waals surface area contributed by atoms with Crippen molar-refractivity contribution >= 4 is 29.9 Å². The minimum Gasteiger partial charge on any atom is -0.357 e. The highest BCUT2D eigenvalue weighted by atomic mass is 127. The molecule has 3 aromatic rings. The Hall–Kier alpha value is -2.42. The van der Waals surface area contributed by atoms with Crippen molar-refractivity contribution in [1.29, 1.82) is 0 Å². The first-order valence-electron chi connectivity index (χ1n) is 9.02. The highest BCUT2D eigenvalue weighted by molar-refractivity contribution is 14.0. The highest BCUT2D eigenvalue weighted by Gasteiger charge is 2.08. The van der Waals surface area contributed by atoms with Gasteiger partial charge in [0.2, 0.25) is 0 Å². The molecular weight excluding hydrogens is 468 g/mol. The Morgan fingerprint density at radius 3 is 2.54 bits per heavy atom. The summed E-state index contributed by atoms with van der Waals surface area (Å²) in [6.07, 6.45) is 3.41. The van der Waals surface area contributed by atoms with Gasteiger partial charge in [-0.05, 0) is 37.1 Å². The lowest BCUT2D eigenvalue weighted by Crippen LogP contribution is -2.36. The van der Waals surface area contributed by atoms with E-state index in [0.717, 1.165) is 17.9 Å². The van der Waals surface area contributed by atoms with E-state index in [0.29, 0.717) is 24.7 Å². The summed E-state index contributed by atoms with van der Waals surface area (Å²) in [5, 5.41) is 6.51. The van der Waals surface area contributed by atoms with Gasteiger partial charge in [-0.1, -0.05) is 36.4 Å². The van der Waals surface area contributed by atoms with Crippen LogP contribution in [0.15, 0.2) is 65.9 Å². The number of imidazole rings is 1. The fourth-order valence-electron chi connectivity index (χ4n) is 2.77. The Morgan fingerprint density at radius 1 is 1.11 bits per heavy atom. The summed E-state index contributed by atoms with van der Waals surface area (Å²) >= 11 is 0. The number of benzene rings is 2. The van der Waals surface area contributed by atoms with Gasteiger partial charge in [0, 0.05) is 25.5 Å². The van der Waals surface area contributed by atoms with Crippen molar-refractivity contribution in [1.82, 2.24) is 20.2 Å². The average molecular weight is 493 g/mol. The molecule has 2 N–H and O–H groups in total. The molecule has 0 atom stereocenters. The maximum absolute atomic E-state index is 14.5. The number of halogens is 2. The highest BCUT2D eigenvalue weighted by Crippen LogP contribution is 2.17. The number of hydrogen-bond acceptors (Lipinski definition) is 2. The summed E-state index contributed by atoms with van der Waals surface area (Å²) in [5.41, 5.74) is 2.48. The monoisotopic (exact) mass is 493 g/mol. The smallest absolute Gasteiger partial charge is 0.191 e. The summed E-state index contributed by atoms with van der Waals surface area (Å²) in [5.74, 6) is 1.17. The first kappa shape index (κ1) is 21.9. The van der Waals surface area contributed by atoms with Crippen LogP contribution in [0.4, 0.5) is 4.39 Å². The Kier molecular flexibility index (Phi) is 8.43. The van der Waals surface area contributed by atoms with Crippen molar-refractivity contribution in [2.75, 3.05) is 6.54 Å². The van der Waals surface area contributed by atoms with E-state index < -0.39 is 0 Å². The summed E-state index contributed by atoms with van der Waals surface area (Å²) in [7, 11) is 0. The van der Waals surface area contributed by atoms with Gasteiger partial charge in [-0.25, -0.2) is 14.4 Å². The van der Waals surface area contributed by atoms with Crippen LogP contribution in [0.5, 0.6) is 0 Å². The van der Waals surface area contributed by atoms with E-state index in [1.807, 2.05) is 38.1 Å². The van der Waals surface area contributed by atoms with Gasteiger partial charge < -0.3 is 15.2 Å². The van der Waals surface area contributed by atoms with Crippen molar-refractivity contribution in [3.63, 3.8) is 0 Å². The van der Waals surface area contributed by atoms with E-state index >= 15 is 0 Å². The van der Waals surface area contributed by atoms with Crippen LogP contribution in [-0.4, -0.2) is 22.1 Å². The first-order valence-corrected chi connectivity index (χ1v) is 9.02. The topological polar surface area (TPSA) is 54.2 Å². The van der Waals surface area contributed by atoms with Crippen molar-refractivity contribution in [3.8, 4) is 5.69 Å². The second-order valence-electron chi connectivity index (χ2n) is 6.16. The van der Waals surface area contributed by atoms with E-state index in [9.17, 15) is 4.39 Å². The van der Waals surface area contributed by atoms with Crippen LogP contribution >= 0.6 is 24.0 Å². The lowest BCUT2D eigenvalue weighted by molar-refractivity contribution is 0.614. The predicted molar refractivity (Wildman–Crippen MR) is 122 cm³/mol. The number of aryl methyl sites for hydroxylation is 1. The molecule has 0 spiro atoms. The molecule has 3 rings (SSSR count). The normalized spacial score (nSPS) is 11.0. The third-order valence-electron chi connectivity index (χ3n) is 4.16. The number of nitrogens with zero attached hydrogens (tertiary/aromatic N) is 3. The molecule has 0 aliphatic carbocycles. The molecule has 1 aromatic heterocycles. The zero-order valence-electron chi connectivity index (χ0n) is 16.0. The first-order chi connectivity index (χ1) is 13.2. The molecule has 0 bridgehead atoms. The molecule has 0 saturated carbocycles. The molecule has 0 aliphatic rings. The van der Waals surface area contributed by atoms with Gasteiger partial charge in [0.15, 0.2) is 5.96 Å². The molecule has 0 saturated heterocycles. The molecule has 0 fully saturated rings. The molecule has 0 radical (unpaired) electrons. The third-order valence-corrected chi connectivity index (χ3v) is 4.16. The number of aromatic nitrogens is 2. The Balaban J connectivity index is 0.00000280. The minimum atomic E-state index is -0.286. The predicted octanol–water partition coefficient (Wildman–Crippen LogP) is 4.19. The number of nitrogens with one attached hydrogen (secondary N) is 2. The van der Waals surface area contributed by atoms with Crippen molar-refractivity contribution < 1.29 is 4.39 Å². The van der Waals surface area contributed by atoms with E-state index in [4.69, 9.17) is 0 Å². The maximum Gasteiger partial charge on any atom is 0.191 e. The third kappa shape index (κ3) is 5.79. The average Bonchev–Trinajstić information content (AvgIpc) is 3.10. The van der Waals surface area contributed by atoms with Crippen molar-refractivity contribution in [3.05, 3.63) is 83.7 Å². The number of rotatable bonds is 6. The van der Waals surface area contributed by atoms with Gasteiger partial charge in [-0.15, -0.1) is 24.0 Å². The minimum absolute atomic E-state index is 0. The molecule has 7 heteroatoms. The van der Waals surface area contributed by atoms with Gasteiger partial charge >= 0.3 is 0 Å². The molecule has 0 amide bonds. The fraction of sp³-hybridized carbons (Fsp3) is 0.238. The quantitative estimate of drug-likeness (QED) is 0.308. The maximum atomic E-state index is 14.5. The summed E-state index contributed by atoms with van der Waals surface area (Å²) in [6, 6.07) is 15.3. The van der Waals surface area contributed by atoms with Crippen LogP contribution in [0.3, 0.4) is 0 Å². The Bertz CT molecular complexity index is 908. The van der Waals surface area contributed by atoms with Crippen LogP contribution in [0.1, 0.15) is 23.9 Å². The van der Waals surface area contributed by atoms with Gasteiger partial charge in [0.1, 0.15) is 11.6 Å². The number of aliphatic imine (C=N–C) groups is 1. The molecule has 1 heterocycles. The lowest BCUT2D eigenvalue weighted by atomic mass is 10.2. The molecule has 5 nitrogen and oxygen atoms in total. The van der Waals surface area contributed by atoms with Crippen LogP contribution in [0.25, 0.3) is 5.69 Å². The van der Waals surface area contributed by atoms with Gasteiger partial charge in [0.25, 0.3) is 0 Å². The van der Waals surface area contributed by atoms with Crippen LogP contribution < -0.4 is 10.6 Å². The second kappa shape index (κ2) is 10.8. The van der Waals surface area contributed by atoms with Crippen molar-refractivity contribution in [2.24, 2.45) is 4.99 Å². The zero-order chi connectivity index (χ0) is 19.1. The molecule has 0 aliphatic heterocycles. The van der Waals surface area contributed by atoms with Gasteiger partial charge in [0.05, 0.1) is 12.2 Å². The van der Waals surface area contributed by atoms with Crippen LogP contribution in [-0.2, 0) is 13.1 Å². The standard InChI is InChI=1S/C21H24FN5.HI/c1-3-23-21(25-14-17-7-5-4-6-8-17)26-15-18-9-10-20(19(22)13-18)27-12-11-24-16(27)2;/h4-13H,3,14-15H2,1-2H3,(H2,23,25,26);1H. The van der Waals surface area contributed by atoms with Crippen LogP contribution in [0, 0.1) is 12.7 Å². The van der Waals surface area contributed by atoms with E-state index in [1.165, 1.54) is 11.6 Å². The van der Waals surface area contributed by atoms with E-state index in [-0.39, 0.29) is 29.8 Å². The molecule has 2 aromatic carbocycles. The van der Waals surface area contributed by atoms with E-state index in [2.05, 4.69) is 32.7 Å². The fourth-order valence-corrected chi connectivity index (χ4v) is 2.77. The SMILES string of the molecule is CCNC(=NCc1ccc(-n2ccnc2C)c(F)c1)NCc1ccccc1.I. The largest absolute Gasteiger partial charge is 0.357 e. The molecule has 0 unspecified atom stereocenters. The van der Waals surface area contributed by atoms with Crippen molar-refractivity contribution in [2.45, 2.75) is 26.9 Å². The number of guanidine groups is 1. The Morgan fingerprint density at radius 2 is 1.89 bits per heavy atom. The second-order valence-corrected chi connectivity index (χ2v) is 6.16. The van der Waals surface area contributed by atoms with Gasteiger partial charge in [-0.3, -0.25) is 0 Å². The molecule has 28 heavy (non-hydrogen) atoms. The summed E-state index contributed by atoms with van der Waals surface area (Å²) in [6.45, 7) is 5.69.